The first-order chi connectivity index (χ1) is 11.5. The number of aliphatic carboxylic acids is 1. The van der Waals surface area contributed by atoms with Crippen molar-refractivity contribution in [1.82, 2.24) is 10.2 Å². The number of nitrogens with zero attached hydrogens (tertiary/aromatic N) is 1. The van der Waals surface area contributed by atoms with Gasteiger partial charge in [-0.1, -0.05) is 0 Å². The van der Waals surface area contributed by atoms with E-state index < -0.39 is 31.2 Å². The van der Waals surface area contributed by atoms with E-state index in [1.165, 1.54) is 6.41 Å². The molecule has 0 aromatic rings. The quantitative estimate of drug-likeness (QED) is 0.188. The fourth-order valence-corrected chi connectivity index (χ4v) is 0.732. The molecule has 168 valence electrons. The number of carbonyl (C=O) groups is 2. The summed E-state index contributed by atoms with van der Waals surface area (Å²) in [5.41, 5.74) is 0.0417. The van der Waals surface area contributed by atoms with Crippen molar-refractivity contribution >= 4 is 18.7 Å². The van der Waals surface area contributed by atoms with Crippen LogP contribution >= 0.6 is 0 Å². The molecule has 0 bridgehead atoms. The number of ether oxygens (including phenoxy) is 1. The number of aldehydes is 1. The fraction of sp³-hybridized carbons (Fsp3) is 0.786. The summed E-state index contributed by atoms with van der Waals surface area (Å²) in [6.45, 7) is 3.75. The van der Waals surface area contributed by atoms with Gasteiger partial charge in [0.1, 0.15) is 6.29 Å². The van der Waals surface area contributed by atoms with Gasteiger partial charge in [0.05, 0.1) is 25.2 Å². The minimum absolute atomic E-state index is 0. The second-order valence-electron chi connectivity index (χ2n) is 5.73. The van der Waals surface area contributed by atoms with Gasteiger partial charge in [0.25, 0.3) is 0 Å². The molecule has 0 atom stereocenters. The fourth-order valence-electron chi connectivity index (χ4n) is 0.732. The molecule has 0 fully saturated rings. The number of halogens is 5. The molecule has 2 N–H and O–H groups in total. The number of methoxy groups -OCH3 is 1. The third-order valence-corrected chi connectivity index (χ3v) is 2.19. The molecule has 0 unspecified atom stereocenters. The first kappa shape index (κ1) is 31.9. The Morgan fingerprint density at radius 1 is 1.22 bits per heavy atom. The van der Waals surface area contributed by atoms with Crippen molar-refractivity contribution < 1.29 is 46.2 Å². The summed E-state index contributed by atoms with van der Waals surface area (Å²) >= 11 is 0. The van der Waals surface area contributed by atoms with Gasteiger partial charge in [-0.25, -0.2) is 0 Å². The average molecular weight is 652 g/mol. The van der Waals surface area contributed by atoms with Crippen LogP contribution in [-0.2, 0) is 19.1 Å². The van der Waals surface area contributed by atoms with E-state index in [1.807, 2.05) is 26.1 Å². The van der Waals surface area contributed by atoms with Gasteiger partial charge >= 0.3 is 18.1 Å². The van der Waals surface area contributed by atoms with E-state index in [0.717, 1.165) is 7.05 Å². The Morgan fingerprint density at radius 2 is 1.63 bits per heavy atom. The largest absolute Gasteiger partial charge is 0.521 e. The average Bonchev–Trinajstić information content (AvgIpc) is 2.44. The molecule has 7 nitrogen and oxygen atoms in total. The number of hydrogen-bond donors (Lipinski definition) is 2. The van der Waals surface area contributed by atoms with Crippen LogP contribution in [0.5, 0.6) is 0 Å². The zero-order chi connectivity index (χ0) is 21.6. The first-order valence-electron chi connectivity index (χ1n) is 6.97. The summed E-state index contributed by atoms with van der Waals surface area (Å²) in [5, 5.41) is 9.65. The van der Waals surface area contributed by atoms with Gasteiger partial charge in [0, 0.05) is 7.11 Å². The van der Waals surface area contributed by atoms with E-state index in [-0.39, 0.29) is 18.4 Å². The number of carboxylic acid groups (broad SMARTS) is 1. The first-order valence-corrected chi connectivity index (χ1v) is 6.97. The van der Waals surface area contributed by atoms with Crippen LogP contribution in [-0.4, -0.2) is 80.2 Å². The molecule has 1 amide bonds. The third-order valence-electron chi connectivity index (χ3n) is 2.19. The maximum Gasteiger partial charge on any atom is 0.454 e. The van der Waals surface area contributed by atoms with E-state index in [9.17, 15) is 36.3 Å². The molecule has 0 spiro atoms. The minimum atomic E-state index is -5.57. The monoisotopic (exact) mass is 652 g/mol. The summed E-state index contributed by atoms with van der Waals surface area (Å²) < 4.78 is 64.1. The van der Waals surface area contributed by atoms with Crippen LogP contribution in [0.4, 0.5) is 22.0 Å². The van der Waals surface area contributed by atoms with Crippen molar-refractivity contribution in [2.75, 3.05) is 33.8 Å². The Bertz CT molecular complexity index is 418. The summed E-state index contributed by atoms with van der Waals surface area (Å²) in [4.78, 5) is 29.1. The van der Waals surface area contributed by atoms with Crippen LogP contribution in [0, 0.1) is 0 Å². The second kappa shape index (κ2) is 14.4. The Balaban J connectivity index is -0.000000160. The van der Waals surface area contributed by atoms with Gasteiger partial charge in [-0.15, -0.1) is 0 Å². The number of carboxylic acids is 1. The molecule has 0 aliphatic carbocycles. The van der Waals surface area contributed by atoms with Crippen LogP contribution in [0.2, 0.25) is 0 Å². The molecule has 0 rings (SSSR count). The normalized spacial score (nSPS) is 11.1. The molecule has 0 heterocycles. The zero-order valence-corrected chi connectivity index (χ0v) is 17.8. The third kappa shape index (κ3) is 23.2. The van der Waals surface area contributed by atoms with Gasteiger partial charge in [0.2, 0.25) is 0 Å². The molecule has 0 aliphatic heterocycles. The summed E-state index contributed by atoms with van der Waals surface area (Å²) in [6.07, 6.45) is -4.09. The molecule has 0 saturated carbocycles. The van der Waals surface area contributed by atoms with Crippen molar-refractivity contribution in [1.29, 1.82) is 0 Å². The van der Waals surface area contributed by atoms with Crippen molar-refractivity contribution in [2.24, 2.45) is 0 Å². The molecule has 27 heavy (non-hydrogen) atoms. The van der Waals surface area contributed by atoms with Crippen LogP contribution in [0.15, 0.2) is 0 Å². The minimum Gasteiger partial charge on any atom is -0.521 e. The smallest absolute Gasteiger partial charge is 0.454 e. The summed E-state index contributed by atoms with van der Waals surface area (Å²) in [7, 11) is 2.72. The van der Waals surface area contributed by atoms with Gasteiger partial charge in [0.15, 0.2) is 0 Å². The molecular formula is C14H24F5FmN2O5-. The Hall–Kier alpha value is -2.82. The molecule has 13 heteroatoms. The number of nitrogens with one attached hydrogen (secondary N) is 1. The van der Waals surface area contributed by atoms with E-state index in [0.29, 0.717) is 4.90 Å². The Morgan fingerprint density at radius 3 is 1.81 bits per heavy atom. The van der Waals surface area contributed by atoms with Crippen LogP contribution in [0.3, 0.4) is 0 Å². The number of likely N-dealkylation sites (N-methyl/N-ethyl adjacent to an activating group) is 1. The SMILES string of the molecule is CN(CC=O)CC(F)(F)C(F)(F)F.COC(C)(C)C.O=[C-]NCC(=O)O.[Fm]. The maximum absolute atomic E-state index is 12.2. The predicted molar refractivity (Wildman–Crippen MR) is 82.7 cm³/mol. The van der Waals surface area contributed by atoms with Crippen molar-refractivity contribution in [2.45, 2.75) is 38.5 Å². The van der Waals surface area contributed by atoms with Crippen molar-refractivity contribution in [3.8, 4) is 0 Å². The van der Waals surface area contributed by atoms with E-state index in [1.54, 1.807) is 7.11 Å². The zero-order valence-electron chi connectivity index (χ0n) is 15.4. The topological polar surface area (TPSA) is 95.9 Å². The number of hydrogen-bond acceptors (Lipinski definition) is 5. The molecule has 0 aromatic heterocycles. The van der Waals surface area contributed by atoms with Crippen molar-refractivity contribution in [3.63, 3.8) is 0 Å². The number of rotatable bonds is 7. The van der Waals surface area contributed by atoms with E-state index in [4.69, 9.17) is 9.84 Å². The second-order valence-corrected chi connectivity index (χ2v) is 5.73. The van der Waals surface area contributed by atoms with Gasteiger partial charge in [-0.05, 0) is 27.8 Å². The molecule has 0 radical (unpaired) electrons. The van der Waals surface area contributed by atoms with E-state index >= 15 is 0 Å². The van der Waals surface area contributed by atoms with E-state index in [2.05, 4.69) is 0 Å². The van der Waals surface area contributed by atoms with Gasteiger partial charge in [-0.2, -0.15) is 28.4 Å². The number of carbonyl (C=O) groups excluding carboxylic acids is 2. The van der Waals surface area contributed by atoms with Gasteiger partial charge < -0.3 is 24.7 Å². The Kier molecular flexibility index (Phi) is 17.0. The number of amides is 1. The van der Waals surface area contributed by atoms with Crippen LogP contribution in [0.25, 0.3) is 0 Å². The summed E-state index contributed by atoms with van der Waals surface area (Å²) in [5.74, 6) is -5.84. The molecule has 0 aromatic carbocycles. The standard InChI is InChI=1S/C6H8F5NO.C5H12O.C3H4NO3.Fm/c1-12(2-3-13)4-5(7,8)6(9,10)11;1-5(2,3)6-4;5-2-4-1-3(6)7;/h3H,2,4H2,1H3;1-4H3;1H2,(H,4,5)(H,6,7);/q;;-1;. The molecular weight excluding hydrogens is 628 g/mol. The molecule has 0 aliphatic rings. The number of alkyl halides is 5. The van der Waals surface area contributed by atoms with Crippen molar-refractivity contribution in [3.05, 3.63) is 0 Å². The van der Waals surface area contributed by atoms with Crippen LogP contribution < -0.4 is 5.32 Å². The van der Waals surface area contributed by atoms with Gasteiger partial charge in [-0.3, -0.25) is 9.69 Å². The maximum atomic E-state index is 12.2. The van der Waals surface area contributed by atoms with Crippen LogP contribution in [0.1, 0.15) is 20.8 Å². The Labute approximate surface area is 148 Å². The molecule has 0 saturated heterocycles. The predicted octanol–water partition coefficient (Wildman–Crippen LogP) is 1.47. The summed E-state index contributed by atoms with van der Waals surface area (Å²) in [6, 6.07) is 0.